The van der Waals surface area contributed by atoms with Gasteiger partial charge in [-0.05, 0) is 11.8 Å². The van der Waals surface area contributed by atoms with Gasteiger partial charge < -0.3 is 9.64 Å². The molecule has 1 aromatic rings. The van der Waals surface area contributed by atoms with Crippen molar-refractivity contribution < 1.29 is 4.74 Å². The maximum Gasteiger partial charge on any atom is 0.158 e. The van der Waals surface area contributed by atoms with Crippen LogP contribution in [0.5, 0.6) is 0 Å². The van der Waals surface area contributed by atoms with E-state index < -0.39 is 0 Å². The molecule has 5 heteroatoms. The van der Waals surface area contributed by atoms with E-state index in [9.17, 15) is 0 Å². The first kappa shape index (κ1) is 16.2. The molecule has 0 amide bonds. The minimum atomic E-state index is 0.380. The highest BCUT2D eigenvalue weighted by atomic mass is 35.5. The molecule has 0 atom stereocenters. The fraction of sp³-hybridized carbons (Fsp3) is 0.714. The van der Waals surface area contributed by atoms with Crippen molar-refractivity contribution in [2.24, 2.45) is 11.8 Å². The van der Waals surface area contributed by atoms with Crippen LogP contribution in [0.1, 0.15) is 33.5 Å². The minimum Gasteiger partial charge on any atom is -0.377 e. The van der Waals surface area contributed by atoms with Gasteiger partial charge in [-0.2, -0.15) is 0 Å². The lowest BCUT2D eigenvalue weighted by molar-refractivity contribution is 0.178. The molecule has 0 aliphatic rings. The maximum absolute atomic E-state index is 6.07. The molecule has 0 saturated heterocycles. The van der Waals surface area contributed by atoms with Crippen LogP contribution >= 0.6 is 11.6 Å². The fourth-order valence-electron chi connectivity index (χ4n) is 1.95. The predicted molar refractivity (Wildman–Crippen MR) is 79.6 cm³/mol. The average Bonchev–Trinajstić information content (AvgIpc) is 2.26. The van der Waals surface area contributed by atoms with Crippen molar-refractivity contribution in [1.82, 2.24) is 9.97 Å². The van der Waals surface area contributed by atoms with Crippen LogP contribution in [0, 0.1) is 11.8 Å². The van der Waals surface area contributed by atoms with Crippen LogP contribution in [0.15, 0.2) is 6.07 Å². The van der Waals surface area contributed by atoms with E-state index in [4.69, 9.17) is 16.3 Å². The first-order valence-electron chi connectivity index (χ1n) is 6.69. The molecule has 0 bridgehead atoms. The van der Waals surface area contributed by atoms with Crippen molar-refractivity contribution in [3.8, 4) is 0 Å². The monoisotopic (exact) mass is 285 g/mol. The summed E-state index contributed by atoms with van der Waals surface area (Å²) >= 11 is 6.07. The van der Waals surface area contributed by atoms with Gasteiger partial charge in [0.05, 0.1) is 0 Å². The Labute approximate surface area is 121 Å². The Morgan fingerprint density at radius 2 is 1.74 bits per heavy atom. The second-order valence-corrected chi connectivity index (χ2v) is 5.98. The maximum atomic E-state index is 6.07. The lowest BCUT2D eigenvalue weighted by Crippen LogP contribution is -2.32. The molecular weight excluding hydrogens is 262 g/mol. The zero-order chi connectivity index (χ0) is 14.4. The van der Waals surface area contributed by atoms with E-state index >= 15 is 0 Å². The van der Waals surface area contributed by atoms with Crippen LogP contribution in [0.2, 0.25) is 5.15 Å². The third kappa shape index (κ3) is 5.74. The zero-order valence-corrected chi connectivity index (χ0v) is 13.2. The molecule has 0 saturated carbocycles. The van der Waals surface area contributed by atoms with E-state index in [2.05, 4.69) is 42.6 Å². The Balaban J connectivity index is 2.99. The molecule has 1 heterocycles. The van der Waals surface area contributed by atoms with Crippen LogP contribution < -0.4 is 4.90 Å². The van der Waals surface area contributed by atoms with Crippen molar-refractivity contribution in [2.45, 2.75) is 34.3 Å². The molecule has 19 heavy (non-hydrogen) atoms. The Morgan fingerprint density at radius 3 is 2.21 bits per heavy atom. The lowest BCUT2D eigenvalue weighted by Gasteiger charge is -2.27. The first-order valence-corrected chi connectivity index (χ1v) is 7.07. The molecule has 1 rings (SSSR count). The van der Waals surface area contributed by atoms with Gasteiger partial charge >= 0.3 is 0 Å². The number of methoxy groups -OCH3 is 1. The highest BCUT2D eigenvalue weighted by Crippen LogP contribution is 2.19. The SMILES string of the molecule is COCc1nc(Cl)cc(N(CC(C)C)CC(C)C)n1. The van der Waals surface area contributed by atoms with E-state index in [1.54, 1.807) is 7.11 Å². The number of aromatic nitrogens is 2. The van der Waals surface area contributed by atoms with Crippen molar-refractivity contribution in [1.29, 1.82) is 0 Å². The molecule has 0 spiro atoms. The van der Waals surface area contributed by atoms with E-state index in [1.165, 1.54) is 0 Å². The number of hydrogen-bond acceptors (Lipinski definition) is 4. The third-order valence-electron chi connectivity index (χ3n) is 2.50. The van der Waals surface area contributed by atoms with Gasteiger partial charge in [0.15, 0.2) is 5.82 Å². The Bertz CT molecular complexity index is 386. The summed E-state index contributed by atoms with van der Waals surface area (Å²) in [4.78, 5) is 11.0. The quantitative estimate of drug-likeness (QED) is 0.720. The molecule has 4 nitrogen and oxygen atoms in total. The van der Waals surface area contributed by atoms with Gasteiger partial charge in [-0.1, -0.05) is 39.3 Å². The molecule has 108 valence electrons. The predicted octanol–water partition coefficient (Wildman–Crippen LogP) is 3.39. The summed E-state index contributed by atoms with van der Waals surface area (Å²) in [6, 6.07) is 1.82. The van der Waals surface area contributed by atoms with E-state index in [-0.39, 0.29) is 0 Å². The molecule has 0 aliphatic carbocycles. The smallest absolute Gasteiger partial charge is 0.158 e. The number of hydrogen-bond donors (Lipinski definition) is 0. The summed E-state index contributed by atoms with van der Waals surface area (Å²) in [5.74, 6) is 2.65. The molecular formula is C14H24ClN3O. The Kier molecular flexibility index (Phi) is 6.52. The number of anilines is 1. The van der Waals surface area contributed by atoms with Gasteiger partial charge in [0.25, 0.3) is 0 Å². The lowest BCUT2D eigenvalue weighted by atomic mass is 10.1. The summed E-state index contributed by atoms with van der Waals surface area (Å²) in [5.41, 5.74) is 0. The van der Waals surface area contributed by atoms with Gasteiger partial charge in [0.1, 0.15) is 17.6 Å². The normalized spacial score (nSPS) is 11.4. The molecule has 0 aliphatic heterocycles. The van der Waals surface area contributed by atoms with Crippen molar-refractivity contribution in [3.05, 3.63) is 17.0 Å². The largest absolute Gasteiger partial charge is 0.377 e. The number of rotatable bonds is 7. The molecule has 0 N–H and O–H groups in total. The standard InChI is InChI=1S/C14H24ClN3O/c1-10(2)7-18(8-11(3)4)14-6-12(15)16-13(17-14)9-19-5/h6,10-11H,7-9H2,1-5H3. The fourth-order valence-corrected chi connectivity index (χ4v) is 2.15. The summed E-state index contributed by atoms with van der Waals surface area (Å²) < 4.78 is 5.08. The summed E-state index contributed by atoms with van der Waals surface area (Å²) in [5, 5.41) is 0.467. The molecule has 0 fully saturated rings. The van der Waals surface area contributed by atoms with Gasteiger partial charge in [-0.25, -0.2) is 9.97 Å². The van der Waals surface area contributed by atoms with E-state index in [0.29, 0.717) is 29.4 Å². The van der Waals surface area contributed by atoms with Crippen molar-refractivity contribution >= 4 is 17.4 Å². The summed E-state index contributed by atoms with van der Waals surface area (Å²) in [6.45, 7) is 11.1. The van der Waals surface area contributed by atoms with Gasteiger partial charge in [-0.15, -0.1) is 0 Å². The highest BCUT2D eigenvalue weighted by Gasteiger charge is 2.14. The van der Waals surface area contributed by atoms with Crippen LogP contribution in [0.25, 0.3) is 0 Å². The van der Waals surface area contributed by atoms with Gasteiger partial charge in [-0.3, -0.25) is 0 Å². The Morgan fingerprint density at radius 1 is 1.16 bits per heavy atom. The number of ether oxygens (including phenoxy) is 1. The van der Waals surface area contributed by atoms with Crippen LogP contribution in [0.4, 0.5) is 5.82 Å². The number of halogens is 1. The van der Waals surface area contributed by atoms with E-state index in [0.717, 1.165) is 18.9 Å². The highest BCUT2D eigenvalue weighted by molar-refractivity contribution is 6.29. The van der Waals surface area contributed by atoms with Crippen LogP contribution in [-0.2, 0) is 11.3 Å². The van der Waals surface area contributed by atoms with Gasteiger partial charge in [0.2, 0.25) is 0 Å². The minimum absolute atomic E-state index is 0.380. The Hall–Kier alpha value is -0.870. The summed E-state index contributed by atoms with van der Waals surface area (Å²) in [6.07, 6.45) is 0. The van der Waals surface area contributed by atoms with Gasteiger partial charge in [0, 0.05) is 26.3 Å². The third-order valence-corrected chi connectivity index (χ3v) is 2.69. The van der Waals surface area contributed by atoms with E-state index in [1.807, 2.05) is 6.07 Å². The summed E-state index contributed by atoms with van der Waals surface area (Å²) in [7, 11) is 1.63. The first-order chi connectivity index (χ1) is 8.92. The second kappa shape index (κ2) is 7.65. The van der Waals surface area contributed by atoms with Crippen LogP contribution in [-0.4, -0.2) is 30.2 Å². The second-order valence-electron chi connectivity index (χ2n) is 5.59. The van der Waals surface area contributed by atoms with Crippen LogP contribution in [0.3, 0.4) is 0 Å². The molecule has 0 aromatic carbocycles. The molecule has 1 aromatic heterocycles. The average molecular weight is 286 g/mol. The zero-order valence-electron chi connectivity index (χ0n) is 12.5. The molecule has 0 unspecified atom stereocenters. The number of nitrogens with zero attached hydrogens (tertiary/aromatic N) is 3. The van der Waals surface area contributed by atoms with Crippen molar-refractivity contribution in [2.75, 3.05) is 25.1 Å². The molecule has 0 radical (unpaired) electrons. The topological polar surface area (TPSA) is 38.2 Å². The van der Waals surface area contributed by atoms with Crippen molar-refractivity contribution in [3.63, 3.8) is 0 Å².